The fourth-order valence-electron chi connectivity index (χ4n) is 3.75. The van der Waals surface area contributed by atoms with Crippen LogP contribution in [0.5, 0.6) is 0 Å². The zero-order valence-corrected chi connectivity index (χ0v) is 24.9. The molecule has 3 rings (SSSR count). The first-order valence-corrected chi connectivity index (χ1v) is 17.2. The second-order valence-electron chi connectivity index (χ2n) is 8.84. The molecule has 2 aliphatic rings. The molecule has 0 bridgehead atoms. The fraction of sp³-hybridized carbons (Fsp3) is 0.520. The number of allylic oxidation sites excluding steroid dienone is 5. The van der Waals surface area contributed by atoms with Crippen molar-refractivity contribution >= 4 is 53.8 Å². The van der Waals surface area contributed by atoms with E-state index < -0.39 is 40.6 Å². The SMILES string of the molecule is C=C/C(=C\C=C(C)C)C1=Ic2c(N[C@@H](CC)C(=O)N3CCOCC3(C)C)ncnc2I1CC. The van der Waals surface area contributed by atoms with Gasteiger partial charge in [-0.25, -0.2) is 0 Å². The van der Waals surface area contributed by atoms with E-state index >= 15 is 0 Å². The van der Waals surface area contributed by atoms with E-state index in [-0.39, 0.29) is 17.5 Å². The summed E-state index contributed by atoms with van der Waals surface area (Å²) in [6.45, 7) is 18.6. The van der Waals surface area contributed by atoms with Gasteiger partial charge in [-0.05, 0) is 0 Å². The number of fused-ring (bicyclic) bond motifs is 1. The van der Waals surface area contributed by atoms with Gasteiger partial charge in [0.05, 0.1) is 0 Å². The number of aromatic nitrogens is 2. The molecule has 1 atom stereocenters. The summed E-state index contributed by atoms with van der Waals surface area (Å²) in [5, 5.41) is 3.54. The van der Waals surface area contributed by atoms with Crippen molar-refractivity contribution in [2.45, 2.75) is 59.5 Å². The van der Waals surface area contributed by atoms with Gasteiger partial charge in [0, 0.05) is 0 Å². The Morgan fingerprint density at radius 3 is 2.73 bits per heavy atom. The summed E-state index contributed by atoms with van der Waals surface area (Å²) in [7, 11) is 0. The third kappa shape index (κ3) is 5.93. The number of hydrogen-bond donors (Lipinski definition) is 1. The van der Waals surface area contributed by atoms with Crippen LogP contribution >= 0.6 is 40.6 Å². The van der Waals surface area contributed by atoms with Crippen molar-refractivity contribution in [2.75, 3.05) is 29.5 Å². The van der Waals surface area contributed by atoms with E-state index in [0.717, 1.165) is 10.2 Å². The normalized spacial score (nSPS) is 19.7. The molecule has 1 fully saturated rings. The van der Waals surface area contributed by atoms with Gasteiger partial charge in [-0.3, -0.25) is 0 Å². The molecule has 8 heteroatoms. The van der Waals surface area contributed by atoms with Crippen LogP contribution in [0.15, 0.2) is 42.3 Å². The Balaban J connectivity index is 1.94. The Bertz CT molecular complexity index is 996. The van der Waals surface area contributed by atoms with Crippen molar-refractivity contribution in [3.8, 4) is 0 Å². The van der Waals surface area contributed by atoms with Gasteiger partial charge in [-0.2, -0.15) is 0 Å². The number of rotatable bonds is 8. The minimum absolute atomic E-state index is 0.125. The van der Waals surface area contributed by atoms with Gasteiger partial charge in [-0.15, -0.1) is 0 Å². The predicted octanol–water partition coefficient (Wildman–Crippen LogP) is 5.36. The number of nitrogens with one attached hydrogen (secondary N) is 1. The standard InChI is InChI=1S/C25H36I2N4O2/c1-8-18(12-11-17(4)5)21-26-20-22(27(21)10-3)28-16-29-23(20)30-19(9-2)24(32)31-13-14-33-15-25(31,6)7/h8,11-12,16,19H,1,9-10,13-15H2,2-7H3,(H,28,29,30)/b18-12+/t19-/m0/s1. The van der Waals surface area contributed by atoms with Crippen LogP contribution in [0.2, 0.25) is 0 Å². The average molecular weight is 678 g/mol. The van der Waals surface area contributed by atoms with Crippen LogP contribution in [0, 0.1) is 7.27 Å². The first-order valence-electron chi connectivity index (χ1n) is 11.4. The summed E-state index contributed by atoms with van der Waals surface area (Å²) in [6.07, 6.45) is 8.76. The van der Waals surface area contributed by atoms with Crippen LogP contribution in [-0.2, 0) is 9.53 Å². The second kappa shape index (κ2) is 11.5. The molecule has 182 valence electrons. The molecule has 0 saturated carbocycles. The Hall–Kier alpha value is -1.14. The van der Waals surface area contributed by atoms with E-state index in [1.807, 2.05) is 11.0 Å². The number of alkyl halides is 1. The molecule has 1 aromatic heterocycles. The number of amides is 1. The van der Waals surface area contributed by atoms with Crippen molar-refractivity contribution in [1.29, 1.82) is 0 Å². The first-order chi connectivity index (χ1) is 15.7. The molecule has 1 N–H and O–H groups in total. The van der Waals surface area contributed by atoms with Crippen LogP contribution in [-0.4, -0.2) is 58.1 Å². The molecule has 1 amide bonds. The molecule has 6 nitrogen and oxygen atoms in total. The van der Waals surface area contributed by atoms with Gasteiger partial charge in [0.15, 0.2) is 0 Å². The summed E-state index contributed by atoms with van der Waals surface area (Å²) in [5.74, 6) is 0.982. The van der Waals surface area contributed by atoms with Gasteiger partial charge in [-0.1, -0.05) is 0 Å². The van der Waals surface area contributed by atoms with Crippen LogP contribution in [0.25, 0.3) is 0 Å². The van der Waals surface area contributed by atoms with E-state index in [9.17, 15) is 4.79 Å². The zero-order valence-electron chi connectivity index (χ0n) is 20.5. The van der Waals surface area contributed by atoms with Crippen LogP contribution in [0.4, 0.5) is 5.82 Å². The number of ether oxygens (including phenoxy) is 1. The number of hydrogen-bond acceptors (Lipinski definition) is 5. The Morgan fingerprint density at radius 2 is 2.12 bits per heavy atom. The van der Waals surface area contributed by atoms with Gasteiger partial charge in [0.25, 0.3) is 0 Å². The first kappa shape index (κ1) is 26.5. The number of halogens is 2. The third-order valence-corrected chi connectivity index (χ3v) is 19.3. The van der Waals surface area contributed by atoms with E-state index in [4.69, 9.17) is 9.72 Å². The number of nitrogens with zero attached hydrogens (tertiary/aromatic N) is 3. The Morgan fingerprint density at radius 1 is 1.36 bits per heavy atom. The van der Waals surface area contributed by atoms with Crippen molar-refractivity contribution in [3.05, 3.63) is 49.6 Å². The topological polar surface area (TPSA) is 67.4 Å². The molecular weight excluding hydrogens is 642 g/mol. The third-order valence-electron chi connectivity index (χ3n) is 5.57. The monoisotopic (exact) mass is 678 g/mol. The molecule has 3 heterocycles. The zero-order chi connectivity index (χ0) is 24.2. The van der Waals surface area contributed by atoms with Gasteiger partial charge in [0.1, 0.15) is 0 Å². The number of carbonyl (C=O) groups excluding carboxylic acids is 1. The molecule has 0 radical (unpaired) electrons. The van der Waals surface area contributed by atoms with Crippen LogP contribution < -0.4 is 5.32 Å². The summed E-state index contributed by atoms with van der Waals surface area (Å²) in [4.78, 5) is 24.8. The molecule has 0 aliphatic carbocycles. The van der Waals surface area contributed by atoms with Crippen molar-refractivity contribution < 1.29 is 9.53 Å². The van der Waals surface area contributed by atoms with Gasteiger partial charge < -0.3 is 0 Å². The summed E-state index contributed by atoms with van der Waals surface area (Å²) < 4.78 is 10.9. The molecule has 0 spiro atoms. The maximum absolute atomic E-state index is 13.5. The Labute approximate surface area is 215 Å². The summed E-state index contributed by atoms with van der Waals surface area (Å²) >= 11 is -1.98. The molecule has 2 aliphatic heterocycles. The second-order valence-corrected chi connectivity index (χ2v) is 19.3. The number of anilines is 1. The molecule has 1 aromatic rings. The molecular formula is C25H36I2N4O2. The van der Waals surface area contributed by atoms with Gasteiger partial charge >= 0.3 is 217 Å². The molecule has 33 heavy (non-hydrogen) atoms. The van der Waals surface area contributed by atoms with E-state index in [0.29, 0.717) is 26.2 Å². The van der Waals surface area contributed by atoms with Crippen LogP contribution in [0.1, 0.15) is 48.0 Å². The quantitative estimate of drug-likeness (QED) is 0.174. The van der Waals surface area contributed by atoms with Crippen LogP contribution in [0.3, 0.4) is 0 Å². The van der Waals surface area contributed by atoms with Gasteiger partial charge in [0.2, 0.25) is 0 Å². The molecule has 0 aromatic carbocycles. The van der Waals surface area contributed by atoms with E-state index in [1.165, 1.54) is 18.4 Å². The number of carbonyl (C=O) groups is 1. The van der Waals surface area contributed by atoms with E-state index in [1.54, 1.807) is 7.84 Å². The average Bonchev–Trinajstić information content (AvgIpc) is 3.16. The van der Waals surface area contributed by atoms with Crippen molar-refractivity contribution in [1.82, 2.24) is 14.9 Å². The fourth-order valence-corrected chi connectivity index (χ4v) is 19.0. The van der Waals surface area contributed by atoms with E-state index in [2.05, 4.69) is 70.6 Å². The minimum atomic E-state index is -1.58. The summed E-state index contributed by atoms with van der Waals surface area (Å²) in [5.41, 5.74) is 2.23. The van der Waals surface area contributed by atoms with Crippen molar-refractivity contribution in [3.63, 3.8) is 0 Å². The molecule has 1 saturated heterocycles. The predicted molar refractivity (Wildman–Crippen MR) is 155 cm³/mol. The van der Waals surface area contributed by atoms with Crippen molar-refractivity contribution in [2.24, 2.45) is 0 Å². The Kier molecular flexibility index (Phi) is 9.24. The summed E-state index contributed by atoms with van der Waals surface area (Å²) in [6, 6.07) is -0.307. The number of morpholine rings is 1. The maximum atomic E-state index is 13.5. The molecule has 0 unspecified atom stereocenters.